The van der Waals surface area contributed by atoms with Gasteiger partial charge in [0.1, 0.15) is 17.2 Å². The highest BCUT2D eigenvalue weighted by Crippen LogP contribution is 2.26. The average Bonchev–Trinajstić information content (AvgIpc) is 2.70. The molecule has 1 amide bonds. The van der Waals surface area contributed by atoms with Gasteiger partial charge in [0.25, 0.3) is 5.91 Å². The standard InChI is InChI=1S/C24H26N2O4/c1-16(2)29-20-9-11-21(12-10-20)30-22-7-5-6-18(14-22)26-24(27)23-13-8-19(15-28-4)25-17(23)3/h5-14,16H,15H2,1-4H3,(H,26,27). The lowest BCUT2D eigenvalue weighted by atomic mass is 10.1. The van der Waals surface area contributed by atoms with E-state index < -0.39 is 0 Å². The van der Waals surface area contributed by atoms with Crippen LogP contribution in [0.2, 0.25) is 0 Å². The molecule has 156 valence electrons. The maximum Gasteiger partial charge on any atom is 0.257 e. The van der Waals surface area contributed by atoms with Crippen LogP contribution in [0.5, 0.6) is 17.2 Å². The van der Waals surface area contributed by atoms with Crippen molar-refractivity contribution < 1.29 is 19.0 Å². The molecule has 0 spiro atoms. The number of hydrogen-bond donors (Lipinski definition) is 1. The van der Waals surface area contributed by atoms with Crippen molar-refractivity contribution in [1.29, 1.82) is 0 Å². The Morgan fingerprint density at radius 2 is 1.73 bits per heavy atom. The van der Waals surface area contributed by atoms with Crippen LogP contribution in [0.3, 0.4) is 0 Å². The molecule has 1 N–H and O–H groups in total. The molecule has 30 heavy (non-hydrogen) atoms. The van der Waals surface area contributed by atoms with Crippen molar-refractivity contribution in [3.8, 4) is 17.2 Å². The van der Waals surface area contributed by atoms with E-state index in [1.165, 1.54) is 0 Å². The SMILES string of the molecule is COCc1ccc(C(=O)Nc2cccc(Oc3ccc(OC(C)C)cc3)c2)c(C)n1. The van der Waals surface area contributed by atoms with Gasteiger partial charge in [-0.05, 0) is 69.3 Å². The fraction of sp³-hybridized carbons (Fsp3) is 0.250. The van der Waals surface area contributed by atoms with Crippen molar-refractivity contribution in [2.75, 3.05) is 12.4 Å². The molecule has 0 aliphatic carbocycles. The Kier molecular flexibility index (Phi) is 7.03. The number of ether oxygens (including phenoxy) is 3. The van der Waals surface area contributed by atoms with E-state index in [1.54, 1.807) is 32.2 Å². The number of rotatable bonds is 8. The molecule has 6 heteroatoms. The van der Waals surface area contributed by atoms with Crippen molar-refractivity contribution in [3.05, 3.63) is 77.6 Å². The molecule has 3 aromatic rings. The number of carbonyl (C=O) groups is 1. The van der Waals surface area contributed by atoms with Gasteiger partial charge in [0.05, 0.1) is 29.7 Å². The largest absolute Gasteiger partial charge is 0.491 e. The first-order chi connectivity index (χ1) is 14.4. The van der Waals surface area contributed by atoms with Crippen LogP contribution in [0.25, 0.3) is 0 Å². The minimum absolute atomic E-state index is 0.118. The van der Waals surface area contributed by atoms with E-state index in [4.69, 9.17) is 14.2 Å². The summed E-state index contributed by atoms with van der Waals surface area (Å²) in [6.45, 7) is 6.18. The van der Waals surface area contributed by atoms with Crippen LogP contribution in [0, 0.1) is 6.92 Å². The molecule has 0 unspecified atom stereocenters. The van der Waals surface area contributed by atoms with Crippen molar-refractivity contribution in [2.45, 2.75) is 33.5 Å². The second-order valence-corrected chi connectivity index (χ2v) is 7.09. The molecule has 0 fully saturated rings. The highest BCUT2D eigenvalue weighted by Gasteiger charge is 2.12. The summed E-state index contributed by atoms with van der Waals surface area (Å²) in [7, 11) is 1.61. The summed E-state index contributed by atoms with van der Waals surface area (Å²) in [6, 6.07) is 18.2. The van der Waals surface area contributed by atoms with Gasteiger partial charge in [0.15, 0.2) is 0 Å². The lowest BCUT2D eigenvalue weighted by Crippen LogP contribution is -2.14. The van der Waals surface area contributed by atoms with Gasteiger partial charge in [-0.3, -0.25) is 9.78 Å². The lowest BCUT2D eigenvalue weighted by molar-refractivity contribution is 0.102. The number of nitrogens with zero attached hydrogens (tertiary/aromatic N) is 1. The van der Waals surface area contributed by atoms with Crippen LogP contribution in [-0.2, 0) is 11.3 Å². The van der Waals surface area contributed by atoms with Gasteiger partial charge in [-0.2, -0.15) is 0 Å². The quantitative estimate of drug-likeness (QED) is 0.545. The zero-order valence-corrected chi connectivity index (χ0v) is 17.6. The van der Waals surface area contributed by atoms with E-state index in [9.17, 15) is 4.79 Å². The van der Waals surface area contributed by atoms with E-state index in [2.05, 4.69) is 10.3 Å². The number of carbonyl (C=O) groups excluding carboxylic acids is 1. The maximum absolute atomic E-state index is 12.7. The number of pyridine rings is 1. The van der Waals surface area contributed by atoms with Gasteiger partial charge < -0.3 is 19.5 Å². The van der Waals surface area contributed by atoms with Gasteiger partial charge in [0, 0.05) is 18.9 Å². The fourth-order valence-corrected chi connectivity index (χ4v) is 2.91. The summed E-state index contributed by atoms with van der Waals surface area (Å²) in [5.41, 5.74) is 2.59. The number of nitrogens with one attached hydrogen (secondary N) is 1. The Hall–Kier alpha value is -3.38. The predicted molar refractivity (Wildman–Crippen MR) is 116 cm³/mol. The minimum atomic E-state index is -0.226. The molecule has 1 aromatic heterocycles. The second kappa shape index (κ2) is 9.89. The van der Waals surface area contributed by atoms with Crippen molar-refractivity contribution >= 4 is 11.6 Å². The molecule has 0 saturated carbocycles. The van der Waals surface area contributed by atoms with Crippen LogP contribution in [0.4, 0.5) is 5.69 Å². The van der Waals surface area contributed by atoms with Crippen LogP contribution >= 0.6 is 0 Å². The molecule has 3 rings (SSSR count). The molecule has 2 aromatic carbocycles. The highest BCUT2D eigenvalue weighted by molar-refractivity contribution is 6.05. The van der Waals surface area contributed by atoms with Crippen molar-refractivity contribution in [2.24, 2.45) is 0 Å². The number of aryl methyl sites for hydroxylation is 1. The van der Waals surface area contributed by atoms with Crippen LogP contribution in [0.1, 0.15) is 35.6 Å². The normalized spacial score (nSPS) is 10.7. The number of benzene rings is 2. The third-order valence-electron chi connectivity index (χ3n) is 4.20. The average molecular weight is 406 g/mol. The number of anilines is 1. The maximum atomic E-state index is 12.7. The predicted octanol–water partition coefficient (Wildman–Crippen LogP) is 5.37. The zero-order chi connectivity index (χ0) is 21.5. The molecule has 0 radical (unpaired) electrons. The van der Waals surface area contributed by atoms with Crippen molar-refractivity contribution in [1.82, 2.24) is 4.98 Å². The molecule has 0 bridgehead atoms. The van der Waals surface area contributed by atoms with Crippen LogP contribution in [0.15, 0.2) is 60.7 Å². The van der Waals surface area contributed by atoms with Crippen LogP contribution < -0.4 is 14.8 Å². The molecule has 6 nitrogen and oxygen atoms in total. The molecule has 0 saturated heterocycles. The highest BCUT2D eigenvalue weighted by atomic mass is 16.5. The Bertz CT molecular complexity index is 1000. The fourth-order valence-electron chi connectivity index (χ4n) is 2.91. The third-order valence-corrected chi connectivity index (χ3v) is 4.20. The Balaban J connectivity index is 1.67. The first-order valence-electron chi connectivity index (χ1n) is 9.76. The summed E-state index contributed by atoms with van der Waals surface area (Å²) in [5.74, 6) is 1.87. The second-order valence-electron chi connectivity index (χ2n) is 7.09. The zero-order valence-electron chi connectivity index (χ0n) is 17.6. The summed E-state index contributed by atoms with van der Waals surface area (Å²) in [4.78, 5) is 17.1. The summed E-state index contributed by atoms with van der Waals surface area (Å²) in [5, 5.41) is 2.90. The van der Waals surface area contributed by atoms with Gasteiger partial charge in [-0.1, -0.05) is 6.07 Å². The summed E-state index contributed by atoms with van der Waals surface area (Å²) >= 11 is 0. The number of hydrogen-bond acceptors (Lipinski definition) is 5. The monoisotopic (exact) mass is 406 g/mol. The first-order valence-corrected chi connectivity index (χ1v) is 9.76. The van der Waals surface area contributed by atoms with E-state index in [0.717, 1.165) is 11.4 Å². The molecular formula is C24H26N2O4. The van der Waals surface area contributed by atoms with Gasteiger partial charge in [0.2, 0.25) is 0 Å². The molecule has 1 heterocycles. The van der Waals surface area contributed by atoms with Crippen LogP contribution in [-0.4, -0.2) is 24.1 Å². The number of aromatic nitrogens is 1. The third kappa shape index (κ3) is 5.81. The van der Waals surface area contributed by atoms with E-state index in [-0.39, 0.29) is 12.0 Å². The minimum Gasteiger partial charge on any atom is -0.491 e. The molecular weight excluding hydrogens is 380 g/mol. The van der Waals surface area contributed by atoms with E-state index in [1.807, 2.05) is 56.3 Å². The summed E-state index contributed by atoms with van der Waals surface area (Å²) in [6.07, 6.45) is 0.118. The smallest absolute Gasteiger partial charge is 0.257 e. The van der Waals surface area contributed by atoms with E-state index >= 15 is 0 Å². The summed E-state index contributed by atoms with van der Waals surface area (Å²) < 4.78 is 16.6. The Morgan fingerprint density at radius 1 is 1.00 bits per heavy atom. The van der Waals surface area contributed by atoms with E-state index in [0.29, 0.717) is 35.1 Å². The van der Waals surface area contributed by atoms with Gasteiger partial charge in [-0.25, -0.2) is 0 Å². The molecule has 0 aliphatic heterocycles. The number of methoxy groups -OCH3 is 1. The van der Waals surface area contributed by atoms with Crippen molar-refractivity contribution in [3.63, 3.8) is 0 Å². The van der Waals surface area contributed by atoms with Gasteiger partial charge >= 0.3 is 0 Å². The molecule has 0 atom stereocenters. The number of amides is 1. The lowest BCUT2D eigenvalue weighted by Gasteiger charge is -2.12. The molecule has 0 aliphatic rings. The first kappa shape index (κ1) is 21.3. The Labute approximate surface area is 176 Å². The van der Waals surface area contributed by atoms with Gasteiger partial charge in [-0.15, -0.1) is 0 Å². The Morgan fingerprint density at radius 3 is 2.40 bits per heavy atom. The topological polar surface area (TPSA) is 69.7 Å².